The fraction of sp³-hybridized carbons (Fsp3) is 0.684. The van der Waals surface area contributed by atoms with Crippen LogP contribution in [0.25, 0.3) is 0 Å². The number of allylic oxidation sites excluding steroid dienone is 3. The van der Waals surface area contributed by atoms with Gasteiger partial charge in [-0.15, -0.1) is 0 Å². The zero-order valence-corrected chi connectivity index (χ0v) is 15.5. The Labute approximate surface area is 153 Å². The third kappa shape index (κ3) is 4.06. The number of hydrogen-bond donors (Lipinski definition) is 2. The van der Waals surface area contributed by atoms with Gasteiger partial charge in [-0.05, 0) is 26.2 Å². The van der Waals surface area contributed by atoms with Gasteiger partial charge in [-0.1, -0.05) is 31.6 Å². The van der Waals surface area contributed by atoms with Crippen molar-refractivity contribution in [2.45, 2.75) is 69.7 Å². The van der Waals surface area contributed by atoms with Crippen LogP contribution in [0.3, 0.4) is 0 Å². The van der Waals surface area contributed by atoms with Crippen LogP contribution in [-0.2, 0) is 23.8 Å². The summed E-state index contributed by atoms with van der Waals surface area (Å²) < 4.78 is 16.5. The highest BCUT2D eigenvalue weighted by molar-refractivity contribution is 5.88. The van der Waals surface area contributed by atoms with E-state index in [1.807, 2.05) is 13.8 Å². The van der Waals surface area contributed by atoms with Gasteiger partial charge in [-0.25, -0.2) is 4.79 Å². The number of rotatable bonds is 6. The molecule has 2 rings (SSSR count). The van der Waals surface area contributed by atoms with E-state index >= 15 is 0 Å². The van der Waals surface area contributed by atoms with Gasteiger partial charge in [0.15, 0.2) is 11.9 Å². The summed E-state index contributed by atoms with van der Waals surface area (Å²) >= 11 is 0. The molecule has 0 unspecified atom stereocenters. The van der Waals surface area contributed by atoms with E-state index in [2.05, 4.69) is 0 Å². The summed E-state index contributed by atoms with van der Waals surface area (Å²) in [5.74, 6) is -4.29. The number of ether oxygens (including phenoxy) is 3. The van der Waals surface area contributed by atoms with Crippen LogP contribution in [0.5, 0.6) is 0 Å². The lowest BCUT2D eigenvalue weighted by molar-refractivity contribution is -0.346. The summed E-state index contributed by atoms with van der Waals surface area (Å²) in [7, 11) is 1.44. The normalized spacial score (nSPS) is 37.9. The number of methoxy groups -OCH3 is 1. The van der Waals surface area contributed by atoms with Gasteiger partial charge in [-0.2, -0.15) is 0 Å². The molecular weight excluding hydrogens is 340 g/mol. The van der Waals surface area contributed by atoms with Gasteiger partial charge >= 0.3 is 5.97 Å². The van der Waals surface area contributed by atoms with E-state index in [0.29, 0.717) is 19.3 Å². The van der Waals surface area contributed by atoms with Crippen molar-refractivity contribution in [2.24, 2.45) is 5.92 Å². The molecule has 1 saturated heterocycles. The zero-order chi connectivity index (χ0) is 19.3. The summed E-state index contributed by atoms with van der Waals surface area (Å²) in [5, 5.41) is 21.5. The lowest BCUT2D eigenvalue weighted by Crippen LogP contribution is -2.69. The average molecular weight is 368 g/mol. The monoisotopic (exact) mass is 368 g/mol. The predicted molar refractivity (Wildman–Crippen MR) is 93.1 cm³/mol. The third-order valence-electron chi connectivity index (χ3n) is 4.95. The number of fused-ring (bicyclic) bond motifs is 1. The lowest BCUT2D eigenvalue weighted by Gasteiger charge is -2.52. The molecule has 1 aliphatic heterocycles. The van der Waals surface area contributed by atoms with Crippen LogP contribution in [0.4, 0.5) is 0 Å². The second-order valence-electron chi connectivity index (χ2n) is 6.68. The Kier molecular flexibility index (Phi) is 7.11. The van der Waals surface area contributed by atoms with E-state index in [1.165, 1.54) is 19.3 Å². The predicted octanol–water partition coefficient (Wildman–Crippen LogP) is 1.27. The van der Waals surface area contributed by atoms with E-state index in [-0.39, 0.29) is 6.42 Å². The van der Waals surface area contributed by atoms with Crippen molar-refractivity contribution in [1.29, 1.82) is 0 Å². The maximum absolute atomic E-state index is 12.7. The number of hydrogen-bond acceptors (Lipinski definition) is 7. The SMILES string of the molecule is C/C=C/C=C/C(=O)O[C@H]1CC[C@@H](OC)[C@@H]2C(=O)[C@H](O)[C@@H](CCC)O[C@]12O. The molecule has 7 nitrogen and oxygen atoms in total. The largest absolute Gasteiger partial charge is 0.453 e. The minimum atomic E-state index is -2.01. The van der Waals surface area contributed by atoms with Gasteiger partial charge in [0.2, 0.25) is 5.79 Å². The second kappa shape index (κ2) is 8.90. The van der Waals surface area contributed by atoms with Crippen LogP contribution in [0.1, 0.15) is 39.5 Å². The van der Waals surface area contributed by atoms with Crippen LogP contribution in [0.15, 0.2) is 24.3 Å². The maximum atomic E-state index is 12.7. The van der Waals surface area contributed by atoms with E-state index in [4.69, 9.17) is 14.2 Å². The van der Waals surface area contributed by atoms with Crippen molar-refractivity contribution in [3.05, 3.63) is 24.3 Å². The Morgan fingerprint density at radius 1 is 1.38 bits per heavy atom. The molecule has 0 aromatic heterocycles. The van der Waals surface area contributed by atoms with Gasteiger partial charge in [0, 0.05) is 13.2 Å². The van der Waals surface area contributed by atoms with Gasteiger partial charge < -0.3 is 24.4 Å². The minimum absolute atomic E-state index is 0.289. The number of Topliss-reactive ketones (excluding diaryl/α,β-unsaturated/α-hetero) is 1. The van der Waals surface area contributed by atoms with E-state index in [0.717, 1.165) is 0 Å². The molecule has 0 spiro atoms. The number of esters is 1. The second-order valence-corrected chi connectivity index (χ2v) is 6.68. The van der Waals surface area contributed by atoms with Crippen molar-refractivity contribution >= 4 is 11.8 Å². The number of carbonyl (C=O) groups is 2. The molecule has 0 bridgehead atoms. The standard InChI is InChI=1S/C19H28O7/c1-4-6-7-9-15(20)25-14-11-10-12(24-3)16-18(22)17(21)13(8-5-2)26-19(14,16)23/h4,6-7,9,12-14,16-17,21,23H,5,8,10-11H2,1-3H3/b6-4+,9-7+/t12-,13-,14+,16-,17-,19-/m1/s1. The molecule has 0 radical (unpaired) electrons. The fourth-order valence-electron chi connectivity index (χ4n) is 3.69. The van der Waals surface area contributed by atoms with Crippen molar-refractivity contribution in [1.82, 2.24) is 0 Å². The first-order valence-corrected chi connectivity index (χ1v) is 9.03. The summed E-state index contributed by atoms with van der Waals surface area (Å²) in [6, 6.07) is 0. The van der Waals surface area contributed by atoms with Crippen molar-refractivity contribution in [2.75, 3.05) is 7.11 Å². The van der Waals surface area contributed by atoms with E-state index in [1.54, 1.807) is 12.2 Å². The first kappa shape index (κ1) is 20.8. The molecule has 146 valence electrons. The smallest absolute Gasteiger partial charge is 0.331 e. The highest BCUT2D eigenvalue weighted by Gasteiger charge is 2.62. The van der Waals surface area contributed by atoms with Crippen LogP contribution >= 0.6 is 0 Å². The number of aliphatic hydroxyl groups is 2. The molecule has 0 aromatic carbocycles. The molecule has 2 aliphatic rings. The van der Waals surface area contributed by atoms with Crippen LogP contribution in [-0.4, -0.2) is 59.3 Å². The van der Waals surface area contributed by atoms with Crippen molar-refractivity contribution in [3.8, 4) is 0 Å². The van der Waals surface area contributed by atoms with Gasteiger partial charge in [0.25, 0.3) is 0 Å². The van der Waals surface area contributed by atoms with Crippen LogP contribution in [0, 0.1) is 5.92 Å². The Morgan fingerprint density at radius 3 is 2.73 bits per heavy atom. The summed E-state index contributed by atoms with van der Waals surface area (Å²) in [6.07, 6.45) is 4.16. The third-order valence-corrected chi connectivity index (χ3v) is 4.95. The van der Waals surface area contributed by atoms with E-state index < -0.39 is 47.9 Å². The summed E-state index contributed by atoms with van der Waals surface area (Å²) in [4.78, 5) is 24.8. The van der Waals surface area contributed by atoms with Crippen LogP contribution in [0.2, 0.25) is 0 Å². The quantitative estimate of drug-likeness (QED) is 0.413. The number of aliphatic hydroxyl groups excluding tert-OH is 1. The zero-order valence-electron chi connectivity index (χ0n) is 15.5. The van der Waals surface area contributed by atoms with Gasteiger partial charge in [0.05, 0.1) is 12.2 Å². The first-order chi connectivity index (χ1) is 12.4. The van der Waals surface area contributed by atoms with Gasteiger partial charge in [0.1, 0.15) is 12.0 Å². The highest BCUT2D eigenvalue weighted by atomic mass is 16.7. The van der Waals surface area contributed by atoms with Gasteiger partial charge in [-0.3, -0.25) is 4.79 Å². The summed E-state index contributed by atoms with van der Waals surface area (Å²) in [6.45, 7) is 3.70. The Balaban J connectivity index is 2.27. The molecule has 2 N–H and O–H groups in total. The highest BCUT2D eigenvalue weighted by Crippen LogP contribution is 2.44. The number of carbonyl (C=O) groups excluding carboxylic acids is 2. The molecule has 7 heteroatoms. The lowest BCUT2D eigenvalue weighted by atomic mass is 9.72. The molecule has 1 saturated carbocycles. The maximum Gasteiger partial charge on any atom is 0.331 e. The minimum Gasteiger partial charge on any atom is -0.453 e. The first-order valence-electron chi connectivity index (χ1n) is 9.03. The molecule has 0 aromatic rings. The molecule has 1 aliphatic carbocycles. The topological polar surface area (TPSA) is 102 Å². The fourth-order valence-corrected chi connectivity index (χ4v) is 3.69. The molecular formula is C19H28O7. The molecule has 2 fully saturated rings. The molecule has 6 atom stereocenters. The Hall–Kier alpha value is -1.54. The van der Waals surface area contributed by atoms with Crippen LogP contribution < -0.4 is 0 Å². The van der Waals surface area contributed by atoms with Crippen molar-refractivity contribution in [3.63, 3.8) is 0 Å². The molecule has 0 amide bonds. The Morgan fingerprint density at radius 2 is 2.12 bits per heavy atom. The summed E-state index contributed by atoms with van der Waals surface area (Å²) in [5.41, 5.74) is 0. The molecule has 26 heavy (non-hydrogen) atoms. The number of ketones is 1. The van der Waals surface area contributed by atoms with E-state index in [9.17, 15) is 19.8 Å². The van der Waals surface area contributed by atoms with Crippen molar-refractivity contribution < 1.29 is 34.0 Å². The molecule has 1 heterocycles. The average Bonchev–Trinajstić information content (AvgIpc) is 2.61. The Bertz CT molecular complexity index is 570.